The first kappa shape index (κ1) is 13.7. The van der Waals surface area contributed by atoms with Crippen LogP contribution in [-0.4, -0.2) is 20.3 Å². The molecule has 4 heteroatoms. The first-order valence-electron chi connectivity index (χ1n) is 5.93. The fourth-order valence-electron chi connectivity index (χ4n) is 1.57. The Morgan fingerprint density at radius 1 is 0.842 bits per heavy atom. The predicted octanol–water partition coefficient (Wildman–Crippen LogP) is 3.92. The highest BCUT2D eigenvalue weighted by Crippen LogP contribution is 2.19. The molecule has 2 aromatic rings. The van der Waals surface area contributed by atoms with Gasteiger partial charge in [0, 0.05) is 10.5 Å². The Morgan fingerprint density at radius 2 is 1.42 bits per heavy atom. The summed E-state index contributed by atoms with van der Waals surface area (Å²) in [5.74, 6) is 2.38. The zero-order valence-electron chi connectivity index (χ0n) is 10.6. The lowest BCUT2D eigenvalue weighted by Crippen LogP contribution is -2.08. The lowest BCUT2D eigenvalue weighted by Gasteiger charge is -2.09. The van der Waals surface area contributed by atoms with Crippen LogP contribution in [0, 0.1) is 0 Å². The summed E-state index contributed by atoms with van der Waals surface area (Å²) in [7, 11) is 1.63. The highest BCUT2D eigenvalue weighted by Gasteiger charge is 1.98. The Labute approximate surface area is 121 Å². The number of benzene rings is 2. The summed E-state index contributed by atoms with van der Waals surface area (Å²) in [5.41, 5.74) is 0. The van der Waals surface area contributed by atoms with Crippen molar-refractivity contribution in [3.8, 4) is 17.2 Å². The quantitative estimate of drug-likeness (QED) is 0.754. The second kappa shape index (κ2) is 7.04. The van der Waals surface area contributed by atoms with Crippen molar-refractivity contribution in [3.63, 3.8) is 0 Å². The fourth-order valence-corrected chi connectivity index (χ4v) is 1.95. The molecule has 0 aliphatic rings. The Morgan fingerprint density at radius 3 is 2.05 bits per heavy atom. The number of hydrogen-bond donors (Lipinski definition) is 0. The highest BCUT2D eigenvalue weighted by atomic mass is 79.9. The summed E-state index contributed by atoms with van der Waals surface area (Å²) in [6, 6.07) is 15.2. The molecule has 2 aromatic carbocycles. The molecule has 0 atom stereocenters. The normalized spacial score (nSPS) is 10.0. The third kappa shape index (κ3) is 4.48. The number of halogens is 1. The third-order valence-corrected chi connectivity index (χ3v) is 2.95. The molecule has 0 aliphatic heterocycles. The molecule has 0 N–H and O–H groups in total. The Bertz CT molecular complexity index is 528. The maximum Gasteiger partial charge on any atom is 0.123 e. The van der Waals surface area contributed by atoms with Gasteiger partial charge in [-0.3, -0.25) is 0 Å². The summed E-state index contributed by atoms with van der Waals surface area (Å²) in [6.45, 7) is 0.980. The average Bonchev–Trinajstić information content (AvgIpc) is 2.44. The molecular formula is C15H15BrO3. The summed E-state index contributed by atoms with van der Waals surface area (Å²) >= 11 is 3.40. The van der Waals surface area contributed by atoms with Gasteiger partial charge in [0.1, 0.15) is 30.5 Å². The lowest BCUT2D eigenvalue weighted by molar-refractivity contribution is 0.216. The second-order valence-corrected chi connectivity index (χ2v) is 4.75. The van der Waals surface area contributed by atoms with Gasteiger partial charge in [0.15, 0.2) is 0 Å². The van der Waals surface area contributed by atoms with Gasteiger partial charge in [-0.25, -0.2) is 0 Å². The Balaban J connectivity index is 1.77. The van der Waals surface area contributed by atoms with Crippen LogP contribution in [0.2, 0.25) is 0 Å². The van der Waals surface area contributed by atoms with Gasteiger partial charge < -0.3 is 14.2 Å². The summed E-state index contributed by atoms with van der Waals surface area (Å²) in [5, 5.41) is 0. The van der Waals surface area contributed by atoms with Gasteiger partial charge in [-0.1, -0.05) is 28.1 Å². The van der Waals surface area contributed by atoms with Crippen LogP contribution in [0.15, 0.2) is 53.0 Å². The van der Waals surface area contributed by atoms with E-state index in [0.717, 1.165) is 21.7 Å². The van der Waals surface area contributed by atoms with E-state index in [1.807, 2.05) is 48.5 Å². The van der Waals surface area contributed by atoms with E-state index in [2.05, 4.69) is 15.9 Å². The SMILES string of the molecule is COc1cccc(OCCOc2cccc(Br)c2)c1. The van der Waals surface area contributed by atoms with Crippen molar-refractivity contribution in [1.29, 1.82) is 0 Å². The zero-order valence-corrected chi connectivity index (χ0v) is 12.2. The van der Waals surface area contributed by atoms with Gasteiger partial charge in [-0.2, -0.15) is 0 Å². The minimum Gasteiger partial charge on any atom is -0.497 e. The van der Waals surface area contributed by atoms with E-state index in [1.165, 1.54) is 0 Å². The largest absolute Gasteiger partial charge is 0.497 e. The third-order valence-electron chi connectivity index (χ3n) is 2.46. The topological polar surface area (TPSA) is 27.7 Å². The van der Waals surface area contributed by atoms with Crippen LogP contribution < -0.4 is 14.2 Å². The van der Waals surface area contributed by atoms with Crippen molar-refractivity contribution >= 4 is 15.9 Å². The van der Waals surface area contributed by atoms with Crippen molar-refractivity contribution in [3.05, 3.63) is 53.0 Å². The second-order valence-electron chi connectivity index (χ2n) is 3.83. The Hall–Kier alpha value is -1.68. The summed E-state index contributed by atoms with van der Waals surface area (Å²) in [6.07, 6.45) is 0. The molecule has 0 bridgehead atoms. The van der Waals surface area contributed by atoms with E-state index in [4.69, 9.17) is 14.2 Å². The number of hydrogen-bond acceptors (Lipinski definition) is 3. The average molecular weight is 323 g/mol. The summed E-state index contributed by atoms with van der Waals surface area (Å²) < 4.78 is 17.3. The molecule has 0 aliphatic carbocycles. The molecular weight excluding hydrogens is 308 g/mol. The van der Waals surface area contributed by atoms with Gasteiger partial charge in [0.2, 0.25) is 0 Å². The molecule has 0 aromatic heterocycles. The van der Waals surface area contributed by atoms with E-state index >= 15 is 0 Å². The van der Waals surface area contributed by atoms with E-state index in [9.17, 15) is 0 Å². The van der Waals surface area contributed by atoms with Gasteiger partial charge in [-0.15, -0.1) is 0 Å². The van der Waals surface area contributed by atoms with Crippen molar-refractivity contribution in [2.45, 2.75) is 0 Å². The van der Waals surface area contributed by atoms with E-state index in [0.29, 0.717) is 13.2 Å². The van der Waals surface area contributed by atoms with Crippen molar-refractivity contribution in [2.75, 3.05) is 20.3 Å². The van der Waals surface area contributed by atoms with Crippen LogP contribution in [0.5, 0.6) is 17.2 Å². The molecule has 19 heavy (non-hydrogen) atoms. The monoisotopic (exact) mass is 322 g/mol. The Kier molecular flexibility index (Phi) is 5.10. The molecule has 0 fully saturated rings. The maximum absolute atomic E-state index is 5.58. The highest BCUT2D eigenvalue weighted by molar-refractivity contribution is 9.10. The van der Waals surface area contributed by atoms with Crippen LogP contribution in [0.4, 0.5) is 0 Å². The van der Waals surface area contributed by atoms with Crippen LogP contribution in [0.1, 0.15) is 0 Å². The summed E-state index contributed by atoms with van der Waals surface area (Å²) in [4.78, 5) is 0. The van der Waals surface area contributed by atoms with Crippen LogP contribution >= 0.6 is 15.9 Å². The smallest absolute Gasteiger partial charge is 0.123 e. The molecule has 2 rings (SSSR count). The van der Waals surface area contributed by atoms with Gasteiger partial charge in [0.25, 0.3) is 0 Å². The zero-order chi connectivity index (χ0) is 13.5. The number of methoxy groups -OCH3 is 1. The molecule has 100 valence electrons. The molecule has 0 spiro atoms. The molecule has 0 heterocycles. The van der Waals surface area contributed by atoms with E-state index < -0.39 is 0 Å². The molecule has 0 saturated carbocycles. The van der Waals surface area contributed by atoms with Crippen molar-refractivity contribution in [2.24, 2.45) is 0 Å². The molecule has 0 radical (unpaired) electrons. The lowest BCUT2D eigenvalue weighted by atomic mass is 10.3. The predicted molar refractivity (Wildman–Crippen MR) is 78.1 cm³/mol. The van der Waals surface area contributed by atoms with Crippen LogP contribution in [0.25, 0.3) is 0 Å². The van der Waals surface area contributed by atoms with Gasteiger partial charge in [-0.05, 0) is 30.3 Å². The fraction of sp³-hybridized carbons (Fsp3) is 0.200. The number of rotatable bonds is 6. The van der Waals surface area contributed by atoms with Gasteiger partial charge in [0.05, 0.1) is 7.11 Å². The standard InChI is InChI=1S/C15H15BrO3/c1-17-13-5-3-7-15(11-13)19-9-8-18-14-6-2-4-12(16)10-14/h2-7,10-11H,8-9H2,1H3. The number of ether oxygens (including phenoxy) is 3. The van der Waals surface area contributed by atoms with Crippen molar-refractivity contribution < 1.29 is 14.2 Å². The molecule has 0 amide bonds. The minimum absolute atomic E-state index is 0.486. The first-order chi connectivity index (χ1) is 9.28. The molecule has 0 unspecified atom stereocenters. The van der Waals surface area contributed by atoms with E-state index in [1.54, 1.807) is 7.11 Å². The first-order valence-corrected chi connectivity index (χ1v) is 6.72. The van der Waals surface area contributed by atoms with Crippen LogP contribution in [-0.2, 0) is 0 Å². The van der Waals surface area contributed by atoms with E-state index in [-0.39, 0.29) is 0 Å². The molecule has 0 saturated heterocycles. The van der Waals surface area contributed by atoms with Gasteiger partial charge >= 0.3 is 0 Å². The van der Waals surface area contributed by atoms with Crippen molar-refractivity contribution in [1.82, 2.24) is 0 Å². The van der Waals surface area contributed by atoms with Crippen LogP contribution in [0.3, 0.4) is 0 Å². The minimum atomic E-state index is 0.486. The molecule has 3 nitrogen and oxygen atoms in total. The maximum atomic E-state index is 5.58.